The van der Waals surface area contributed by atoms with Crippen molar-refractivity contribution in [2.45, 2.75) is 46.1 Å². The summed E-state index contributed by atoms with van der Waals surface area (Å²) in [5.74, 6) is 0.0435. The minimum atomic E-state index is 0.0435. The van der Waals surface area contributed by atoms with E-state index in [1.54, 1.807) is 0 Å². The Morgan fingerprint density at radius 1 is 1.32 bits per heavy atom. The Labute approximate surface area is 115 Å². The summed E-state index contributed by atoms with van der Waals surface area (Å²) in [5, 5.41) is 6.40. The zero-order valence-corrected chi connectivity index (χ0v) is 12.1. The van der Waals surface area contributed by atoms with E-state index < -0.39 is 0 Å². The standard InChI is InChI=1S/C16H24N2O/c1-16(2,3)9-10-17-14-6-4-5-12(11-14)15(19)18-13-7-8-13/h4-6,11,13,17H,7-10H2,1-3H3,(H,18,19). The van der Waals surface area contributed by atoms with Crippen molar-refractivity contribution >= 4 is 11.6 Å². The number of hydrogen-bond acceptors (Lipinski definition) is 2. The van der Waals surface area contributed by atoms with Crippen LogP contribution in [0.4, 0.5) is 5.69 Å². The van der Waals surface area contributed by atoms with Gasteiger partial charge in [-0.3, -0.25) is 4.79 Å². The lowest BCUT2D eigenvalue weighted by Crippen LogP contribution is -2.25. The Balaban J connectivity index is 1.89. The molecule has 104 valence electrons. The van der Waals surface area contributed by atoms with Crippen molar-refractivity contribution in [3.05, 3.63) is 29.8 Å². The fraction of sp³-hybridized carbons (Fsp3) is 0.562. The Kier molecular flexibility index (Phi) is 4.13. The molecule has 1 saturated carbocycles. The molecule has 0 spiro atoms. The highest BCUT2D eigenvalue weighted by Crippen LogP contribution is 2.21. The van der Waals surface area contributed by atoms with E-state index in [0.717, 1.165) is 37.1 Å². The molecule has 2 N–H and O–H groups in total. The van der Waals surface area contributed by atoms with Crippen LogP contribution in [0.25, 0.3) is 0 Å². The normalized spacial score (nSPS) is 15.1. The third-order valence-corrected chi connectivity index (χ3v) is 3.24. The molecule has 1 aliphatic carbocycles. The van der Waals surface area contributed by atoms with Gasteiger partial charge >= 0.3 is 0 Å². The average molecular weight is 260 g/mol. The Morgan fingerprint density at radius 3 is 2.68 bits per heavy atom. The second kappa shape index (κ2) is 5.64. The molecule has 1 amide bonds. The number of benzene rings is 1. The third kappa shape index (κ3) is 4.93. The third-order valence-electron chi connectivity index (χ3n) is 3.24. The summed E-state index contributed by atoms with van der Waals surface area (Å²) in [6.45, 7) is 7.62. The van der Waals surface area contributed by atoms with Crippen molar-refractivity contribution in [2.75, 3.05) is 11.9 Å². The van der Waals surface area contributed by atoms with Gasteiger partial charge in [0.2, 0.25) is 0 Å². The summed E-state index contributed by atoms with van der Waals surface area (Å²) in [4.78, 5) is 11.9. The van der Waals surface area contributed by atoms with Gasteiger partial charge in [-0.25, -0.2) is 0 Å². The first-order chi connectivity index (χ1) is 8.94. The van der Waals surface area contributed by atoms with Crippen LogP contribution in [0.1, 0.15) is 50.4 Å². The molecule has 0 heterocycles. The molecule has 1 aromatic carbocycles. The van der Waals surface area contributed by atoms with Crippen LogP contribution in [0.15, 0.2) is 24.3 Å². The van der Waals surface area contributed by atoms with Crippen LogP contribution < -0.4 is 10.6 Å². The number of amides is 1. The first-order valence-electron chi connectivity index (χ1n) is 7.09. The van der Waals surface area contributed by atoms with Gasteiger partial charge in [0.1, 0.15) is 0 Å². The minimum Gasteiger partial charge on any atom is -0.385 e. The van der Waals surface area contributed by atoms with Crippen molar-refractivity contribution in [2.24, 2.45) is 5.41 Å². The van der Waals surface area contributed by atoms with Gasteiger partial charge in [0.15, 0.2) is 0 Å². The number of carbonyl (C=O) groups excluding carboxylic acids is 1. The van der Waals surface area contributed by atoms with E-state index in [9.17, 15) is 4.79 Å². The Bertz CT molecular complexity index is 444. The van der Waals surface area contributed by atoms with Gasteiger partial charge in [0.05, 0.1) is 0 Å². The van der Waals surface area contributed by atoms with E-state index in [4.69, 9.17) is 0 Å². The van der Waals surface area contributed by atoms with E-state index in [0.29, 0.717) is 11.5 Å². The monoisotopic (exact) mass is 260 g/mol. The van der Waals surface area contributed by atoms with Gasteiger partial charge in [0.25, 0.3) is 5.91 Å². The highest BCUT2D eigenvalue weighted by molar-refractivity contribution is 5.95. The maximum absolute atomic E-state index is 11.9. The van der Waals surface area contributed by atoms with Crippen molar-refractivity contribution in [3.63, 3.8) is 0 Å². The summed E-state index contributed by atoms with van der Waals surface area (Å²) < 4.78 is 0. The van der Waals surface area contributed by atoms with Gasteiger partial charge in [-0.05, 0) is 42.9 Å². The van der Waals surface area contributed by atoms with Crippen LogP contribution in [0.5, 0.6) is 0 Å². The second-order valence-electron chi connectivity index (χ2n) is 6.57. The van der Waals surface area contributed by atoms with E-state index in [1.807, 2.05) is 24.3 Å². The first kappa shape index (κ1) is 13.9. The van der Waals surface area contributed by atoms with Gasteiger partial charge in [-0.2, -0.15) is 0 Å². The lowest BCUT2D eigenvalue weighted by atomic mass is 9.92. The highest BCUT2D eigenvalue weighted by atomic mass is 16.1. The lowest BCUT2D eigenvalue weighted by molar-refractivity contribution is 0.0951. The molecule has 0 radical (unpaired) electrons. The molecule has 1 aliphatic rings. The van der Waals surface area contributed by atoms with Crippen LogP contribution in [-0.2, 0) is 0 Å². The molecule has 2 rings (SSSR count). The highest BCUT2D eigenvalue weighted by Gasteiger charge is 2.23. The molecule has 1 aromatic rings. The minimum absolute atomic E-state index is 0.0435. The molecule has 0 aromatic heterocycles. The van der Waals surface area contributed by atoms with Crippen LogP contribution in [-0.4, -0.2) is 18.5 Å². The molecular weight excluding hydrogens is 236 g/mol. The smallest absolute Gasteiger partial charge is 0.251 e. The van der Waals surface area contributed by atoms with Crippen molar-refractivity contribution in [1.82, 2.24) is 5.32 Å². The quantitative estimate of drug-likeness (QED) is 0.851. The topological polar surface area (TPSA) is 41.1 Å². The summed E-state index contributed by atoms with van der Waals surface area (Å²) in [6, 6.07) is 8.15. The summed E-state index contributed by atoms with van der Waals surface area (Å²) in [6.07, 6.45) is 3.34. The van der Waals surface area contributed by atoms with Gasteiger partial charge < -0.3 is 10.6 Å². The molecule has 0 unspecified atom stereocenters. The zero-order chi connectivity index (χ0) is 13.9. The molecule has 19 heavy (non-hydrogen) atoms. The summed E-state index contributed by atoms with van der Waals surface area (Å²) >= 11 is 0. The van der Waals surface area contributed by atoms with E-state index in [-0.39, 0.29) is 5.91 Å². The molecule has 0 aliphatic heterocycles. The zero-order valence-electron chi connectivity index (χ0n) is 12.1. The molecule has 3 heteroatoms. The lowest BCUT2D eigenvalue weighted by Gasteiger charge is -2.18. The number of nitrogens with one attached hydrogen (secondary N) is 2. The Morgan fingerprint density at radius 2 is 2.05 bits per heavy atom. The summed E-state index contributed by atoms with van der Waals surface area (Å²) in [7, 11) is 0. The molecule has 1 fully saturated rings. The maximum atomic E-state index is 11.9. The predicted molar refractivity (Wildman–Crippen MR) is 79.5 cm³/mol. The fourth-order valence-corrected chi connectivity index (χ4v) is 1.85. The van der Waals surface area contributed by atoms with Crippen LogP contribution in [0.2, 0.25) is 0 Å². The molecular formula is C16H24N2O. The van der Waals surface area contributed by atoms with Crippen molar-refractivity contribution in [1.29, 1.82) is 0 Å². The largest absolute Gasteiger partial charge is 0.385 e. The van der Waals surface area contributed by atoms with E-state index >= 15 is 0 Å². The predicted octanol–water partition coefficient (Wildman–Crippen LogP) is 3.43. The van der Waals surface area contributed by atoms with Crippen molar-refractivity contribution in [3.8, 4) is 0 Å². The van der Waals surface area contributed by atoms with Gasteiger partial charge in [0, 0.05) is 23.8 Å². The number of anilines is 1. The number of carbonyl (C=O) groups is 1. The Hall–Kier alpha value is -1.51. The van der Waals surface area contributed by atoms with E-state index in [2.05, 4.69) is 31.4 Å². The average Bonchev–Trinajstić information content (AvgIpc) is 3.11. The SMILES string of the molecule is CC(C)(C)CCNc1cccc(C(=O)NC2CC2)c1. The fourth-order valence-electron chi connectivity index (χ4n) is 1.85. The maximum Gasteiger partial charge on any atom is 0.251 e. The summed E-state index contributed by atoms with van der Waals surface area (Å²) in [5.41, 5.74) is 2.09. The second-order valence-corrected chi connectivity index (χ2v) is 6.57. The molecule has 0 saturated heterocycles. The van der Waals surface area contributed by atoms with Crippen molar-refractivity contribution < 1.29 is 4.79 Å². The van der Waals surface area contributed by atoms with Crippen LogP contribution in [0.3, 0.4) is 0 Å². The van der Waals surface area contributed by atoms with Crippen LogP contribution >= 0.6 is 0 Å². The van der Waals surface area contributed by atoms with Gasteiger partial charge in [-0.1, -0.05) is 26.8 Å². The molecule has 3 nitrogen and oxygen atoms in total. The van der Waals surface area contributed by atoms with Crippen LogP contribution in [0, 0.1) is 5.41 Å². The molecule has 0 atom stereocenters. The molecule has 0 bridgehead atoms. The number of hydrogen-bond donors (Lipinski definition) is 2. The first-order valence-corrected chi connectivity index (χ1v) is 7.09. The van der Waals surface area contributed by atoms with Gasteiger partial charge in [-0.15, -0.1) is 0 Å². The number of rotatable bonds is 5. The van der Waals surface area contributed by atoms with E-state index in [1.165, 1.54) is 0 Å².